The molecule has 124 valence electrons. The van der Waals surface area contributed by atoms with Gasteiger partial charge in [-0.2, -0.15) is 4.98 Å². The van der Waals surface area contributed by atoms with Crippen molar-refractivity contribution in [2.45, 2.75) is 51.7 Å². The summed E-state index contributed by atoms with van der Waals surface area (Å²) in [6, 6.07) is -0.112. The number of hydrogen-bond donors (Lipinski definition) is 1. The number of aromatic nitrogens is 2. The normalized spacial score (nSPS) is 18.2. The second kappa shape index (κ2) is 7.19. The minimum absolute atomic E-state index is 0.0739. The van der Waals surface area contributed by atoms with Gasteiger partial charge in [0.1, 0.15) is 0 Å². The standard InChI is InChI=1S/C15H26N4O3/c1-10(2)14-16-15(22-17-14)11(3)18(4)9-13(21)19-7-5-12(20)6-8-19/h10-12,20H,5-9H2,1-4H3. The molecule has 22 heavy (non-hydrogen) atoms. The van der Waals surface area contributed by atoms with Crippen LogP contribution in [0.3, 0.4) is 0 Å². The average molecular weight is 310 g/mol. The zero-order chi connectivity index (χ0) is 16.3. The van der Waals surface area contributed by atoms with Gasteiger partial charge in [-0.1, -0.05) is 19.0 Å². The Kier molecular flexibility index (Phi) is 5.52. The van der Waals surface area contributed by atoms with Gasteiger partial charge in [-0.15, -0.1) is 0 Å². The lowest BCUT2D eigenvalue weighted by atomic mass is 10.1. The summed E-state index contributed by atoms with van der Waals surface area (Å²) in [5.74, 6) is 1.51. The smallest absolute Gasteiger partial charge is 0.243 e. The van der Waals surface area contributed by atoms with Crippen LogP contribution in [0.25, 0.3) is 0 Å². The Balaban J connectivity index is 1.90. The minimum atomic E-state index is -0.270. The van der Waals surface area contributed by atoms with Gasteiger partial charge in [-0.05, 0) is 26.8 Å². The van der Waals surface area contributed by atoms with Gasteiger partial charge in [-0.3, -0.25) is 9.69 Å². The number of carbonyl (C=O) groups is 1. The summed E-state index contributed by atoms with van der Waals surface area (Å²) >= 11 is 0. The molecule has 0 saturated carbocycles. The highest BCUT2D eigenvalue weighted by Gasteiger charge is 2.25. The number of hydrogen-bond acceptors (Lipinski definition) is 6. The summed E-state index contributed by atoms with van der Waals surface area (Å²) in [5, 5.41) is 13.5. The molecule has 1 aliphatic heterocycles. The van der Waals surface area contributed by atoms with Crippen LogP contribution in [0.1, 0.15) is 57.3 Å². The van der Waals surface area contributed by atoms with Crippen LogP contribution >= 0.6 is 0 Å². The van der Waals surface area contributed by atoms with Crippen molar-refractivity contribution in [3.05, 3.63) is 11.7 Å². The summed E-state index contributed by atoms with van der Waals surface area (Å²) in [7, 11) is 1.88. The molecule has 0 radical (unpaired) electrons. The third kappa shape index (κ3) is 4.04. The van der Waals surface area contributed by atoms with E-state index in [1.165, 1.54) is 0 Å². The van der Waals surface area contributed by atoms with E-state index in [1.807, 2.05) is 37.6 Å². The highest BCUT2D eigenvalue weighted by atomic mass is 16.5. The quantitative estimate of drug-likeness (QED) is 0.879. The van der Waals surface area contributed by atoms with Crippen molar-refractivity contribution in [2.75, 3.05) is 26.7 Å². The van der Waals surface area contributed by atoms with E-state index >= 15 is 0 Å². The maximum absolute atomic E-state index is 12.3. The molecule has 1 aromatic heterocycles. The first-order valence-corrected chi connectivity index (χ1v) is 7.88. The Morgan fingerprint density at radius 1 is 1.41 bits per heavy atom. The maximum Gasteiger partial charge on any atom is 0.243 e. The molecule has 2 heterocycles. The zero-order valence-corrected chi connectivity index (χ0v) is 13.8. The van der Waals surface area contributed by atoms with Gasteiger partial charge in [0.2, 0.25) is 11.8 Å². The summed E-state index contributed by atoms with van der Waals surface area (Å²) in [6.45, 7) is 7.52. The Morgan fingerprint density at radius 3 is 2.59 bits per heavy atom. The molecule has 1 fully saturated rings. The van der Waals surface area contributed by atoms with Crippen molar-refractivity contribution in [1.29, 1.82) is 0 Å². The van der Waals surface area contributed by atoms with E-state index in [2.05, 4.69) is 10.1 Å². The van der Waals surface area contributed by atoms with Gasteiger partial charge >= 0.3 is 0 Å². The summed E-state index contributed by atoms with van der Waals surface area (Å²) in [4.78, 5) is 20.4. The molecule has 0 spiro atoms. The number of carbonyl (C=O) groups excluding carboxylic acids is 1. The molecule has 2 rings (SSSR count). The molecule has 1 aromatic rings. The predicted molar refractivity (Wildman–Crippen MR) is 81.3 cm³/mol. The second-order valence-electron chi connectivity index (χ2n) is 6.35. The number of likely N-dealkylation sites (N-methyl/N-ethyl adjacent to an activating group) is 1. The van der Waals surface area contributed by atoms with Crippen LogP contribution < -0.4 is 0 Å². The van der Waals surface area contributed by atoms with E-state index in [-0.39, 0.29) is 24.0 Å². The number of piperidine rings is 1. The van der Waals surface area contributed by atoms with E-state index in [0.717, 1.165) is 0 Å². The molecule has 7 heteroatoms. The van der Waals surface area contributed by atoms with Crippen molar-refractivity contribution in [2.24, 2.45) is 0 Å². The van der Waals surface area contributed by atoms with Crippen LogP contribution in [-0.4, -0.2) is 63.7 Å². The van der Waals surface area contributed by atoms with Crippen molar-refractivity contribution >= 4 is 5.91 Å². The van der Waals surface area contributed by atoms with Crippen molar-refractivity contribution in [1.82, 2.24) is 19.9 Å². The van der Waals surface area contributed by atoms with Crippen LogP contribution in [-0.2, 0) is 4.79 Å². The monoisotopic (exact) mass is 310 g/mol. The molecular formula is C15H26N4O3. The Hall–Kier alpha value is -1.47. The number of likely N-dealkylation sites (tertiary alicyclic amines) is 1. The number of rotatable bonds is 5. The average Bonchev–Trinajstić information content (AvgIpc) is 2.97. The van der Waals surface area contributed by atoms with Gasteiger partial charge in [0, 0.05) is 19.0 Å². The van der Waals surface area contributed by atoms with Crippen LogP contribution in [0.5, 0.6) is 0 Å². The van der Waals surface area contributed by atoms with Crippen LogP contribution in [0, 0.1) is 0 Å². The third-order valence-corrected chi connectivity index (χ3v) is 4.19. The van der Waals surface area contributed by atoms with Gasteiger partial charge in [0.25, 0.3) is 0 Å². The highest BCUT2D eigenvalue weighted by Crippen LogP contribution is 2.19. The van der Waals surface area contributed by atoms with Crippen LogP contribution in [0.4, 0.5) is 0 Å². The maximum atomic E-state index is 12.3. The van der Waals surface area contributed by atoms with E-state index in [4.69, 9.17) is 4.52 Å². The number of nitrogens with zero attached hydrogens (tertiary/aromatic N) is 4. The van der Waals surface area contributed by atoms with Crippen LogP contribution in [0.15, 0.2) is 4.52 Å². The van der Waals surface area contributed by atoms with E-state index in [0.29, 0.717) is 44.2 Å². The first kappa shape index (κ1) is 16.9. The fourth-order valence-corrected chi connectivity index (χ4v) is 2.41. The predicted octanol–water partition coefficient (Wildman–Crippen LogP) is 1.17. The third-order valence-electron chi connectivity index (χ3n) is 4.19. The summed E-state index contributed by atoms with van der Waals surface area (Å²) in [5.41, 5.74) is 0. The van der Waals surface area contributed by atoms with E-state index in [1.54, 1.807) is 0 Å². The molecular weight excluding hydrogens is 284 g/mol. The fourth-order valence-electron chi connectivity index (χ4n) is 2.41. The molecule has 1 aliphatic rings. The number of aliphatic hydroxyl groups is 1. The van der Waals surface area contributed by atoms with Crippen molar-refractivity contribution in [3.8, 4) is 0 Å². The Labute approximate surface area is 131 Å². The molecule has 1 saturated heterocycles. The van der Waals surface area contributed by atoms with E-state index in [9.17, 15) is 9.90 Å². The highest BCUT2D eigenvalue weighted by molar-refractivity contribution is 5.78. The van der Waals surface area contributed by atoms with Gasteiger partial charge < -0.3 is 14.5 Å². The largest absolute Gasteiger partial charge is 0.393 e. The first-order valence-electron chi connectivity index (χ1n) is 7.88. The first-order chi connectivity index (χ1) is 10.4. The molecule has 0 bridgehead atoms. The van der Waals surface area contributed by atoms with E-state index < -0.39 is 0 Å². The fraction of sp³-hybridized carbons (Fsp3) is 0.800. The zero-order valence-electron chi connectivity index (χ0n) is 13.8. The summed E-state index contributed by atoms with van der Waals surface area (Å²) in [6.07, 6.45) is 1.05. The van der Waals surface area contributed by atoms with Gasteiger partial charge in [0.15, 0.2) is 5.82 Å². The van der Waals surface area contributed by atoms with Crippen LogP contribution in [0.2, 0.25) is 0 Å². The molecule has 7 nitrogen and oxygen atoms in total. The molecule has 0 aromatic carbocycles. The lowest BCUT2D eigenvalue weighted by Gasteiger charge is -2.31. The lowest BCUT2D eigenvalue weighted by Crippen LogP contribution is -2.44. The number of amides is 1. The molecule has 0 aliphatic carbocycles. The van der Waals surface area contributed by atoms with Crippen molar-refractivity contribution in [3.63, 3.8) is 0 Å². The summed E-state index contributed by atoms with van der Waals surface area (Å²) < 4.78 is 5.29. The Morgan fingerprint density at radius 2 is 2.05 bits per heavy atom. The number of aliphatic hydroxyl groups excluding tert-OH is 1. The Bertz CT molecular complexity index is 495. The molecule has 1 amide bonds. The topological polar surface area (TPSA) is 82.7 Å². The molecule has 1 atom stereocenters. The van der Waals surface area contributed by atoms with Crippen molar-refractivity contribution < 1.29 is 14.4 Å². The van der Waals surface area contributed by atoms with Gasteiger partial charge in [0.05, 0.1) is 18.7 Å². The van der Waals surface area contributed by atoms with Gasteiger partial charge in [-0.25, -0.2) is 0 Å². The lowest BCUT2D eigenvalue weighted by molar-refractivity contribution is -0.134. The SMILES string of the molecule is CC(C)c1noc(C(C)N(C)CC(=O)N2CCC(O)CC2)n1. The molecule has 1 unspecified atom stereocenters. The second-order valence-corrected chi connectivity index (χ2v) is 6.35. The minimum Gasteiger partial charge on any atom is -0.393 e. The molecule has 1 N–H and O–H groups in total.